The van der Waals surface area contributed by atoms with Crippen molar-refractivity contribution in [1.29, 1.82) is 0 Å². The number of aromatic nitrogens is 1. The van der Waals surface area contributed by atoms with Crippen LogP contribution in [0.2, 0.25) is 0 Å². The first-order chi connectivity index (χ1) is 9.10. The van der Waals surface area contributed by atoms with Gasteiger partial charge in [-0.1, -0.05) is 20.3 Å². The molecule has 4 nitrogen and oxygen atoms in total. The number of carboxylic acids is 1. The maximum Gasteiger partial charge on any atom is 0.347 e. The van der Waals surface area contributed by atoms with Crippen LogP contribution in [-0.2, 0) is 13.0 Å². The minimum atomic E-state index is -0.834. The maximum absolute atomic E-state index is 11.2. The Kier molecular flexibility index (Phi) is 4.93. The Morgan fingerprint density at radius 1 is 1.58 bits per heavy atom. The van der Waals surface area contributed by atoms with Gasteiger partial charge in [0.2, 0.25) is 0 Å². The molecule has 1 aliphatic heterocycles. The zero-order valence-electron chi connectivity index (χ0n) is 11.7. The van der Waals surface area contributed by atoms with Gasteiger partial charge in [0.15, 0.2) is 0 Å². The molecular formula is C14H22N2O2S. The molecule has 1 aliphatic rings. The number of aromatic carboxylic acids is 1. The van der Waals surface area contributed by atoms with Crippen LogP contribution in [0.15, 0.2) is 0 Å². The van der Waals surface area contributed by atoms with Crippen molar-refractivity contribution in [2.45, 2.75) is 46.1 Å². The Bertz CT molecular complexity index is 445. The first-order valence-electron chi connectivity index (χ1n) is 7.04. The third kappa shape index (κ3) is 3.76. The van der Waals surface area contributed by atoms with Gasteiger partial charge >= 0.3 is 5.97 Å². The number of hydrogen-bond donors (Lipinski definition) is 1. The quantitative estimate of drug-likeness (QED) is 0.902. The smallest absolute Gasteiger partial charge is 0.347 e. The first-order valence-corrected chi connectivity index (χ1v) is 7.86. The summed E-state index contributed by atoms with van der Waals surface area (Å²) in [4.78, 5) is 18.6. The fourth-order valence-corrected chi connectivity index (χ4v) is 3.65. The highest BCUT2D eigenvalue weighted by molar-refractivity contribution is 7.13. The molecule has 1 fully saturated rings. The predicted octanol–water partition coefficient (Wildman–Crippen LogP) is 3.03. The van der Waals surface area contributed by atoms with Gasteiger partial charge < -0.3 is 5.11 Å². The second-order valence-corrected chi connectivity index (χ2v) is 6.50. The summed E-state index contributed by atoms with van der Waals surface area (Å²) in [5.41, 5.74) is 0.764. The molecule has 0 radical (unpaired) electrons. The Balaban J connectivity index is 2.07. The first kappa shape index (κ1) is 14.5. The third-order valence-electron chi connectivity index (χ3n) is 3.52. The van der Waals surface area contributed by atoms with E-state index in [0.717, 1.165) is 49.1 Å². The van der Waals surface area contributed by atoms with Crippen LogP contribution < -0.4 is 0 Å². The van der Waals surface area contributed by atoms with E-state index >= 15 is 0 Å². The lowest BCUT2D eigenvalue weighted by Gasteiger charge is -2.29. The lowest BCUT2D eigenvalue weighted by atomic mass is 10.0. The molecule has 1 atom stereocenters. The molecule has 2 rings (SSSR count). The third-order valence-corrected chi connectivity index (χ3v) is 4.59. The summed E-state index contributed by atoms with van der Waals surface area (Å²) in [7, 11) is 0. The van der Waals surface area contributed by atoms with Crippen LogP contribution in [0.1, 0.15) is 53.5 Å². The van der Waals surface area contributed by atoms with Crippen molar-refractivity contribution >= 4 is 17.3 Å². The normalized spacial score (nSPS) is 20.6. The number of carbonyl (C=O) groups is 1. The molecule has 0 saturated carbocycles. The SMILES string of the molecule is CCCc1nc(CN2CCCC(C)C2)sc1C(=O)O. The molecule has 5 heteroatoms. The average Bonchev–Trinajstić information content (AvgIpc) is 2.73. The van der Waals surface area contributed by atoms with Gasteiger partial charge in [-0.3, -0.25) is 4.90 Å². The van der Waals surface area contributed by atoms with Crippen molar-refractivity contribution in [3.8, 4) is 0 Å². The van der Waals surface area contributed by atoms with Crippen LogP contribution in [0.3, 0.4) is 0 Å². The van der Waals surface area contributed by atoms with E-state index in [9.17, 15) is 9.90 Å². The molecular weight excluding hydrogens is 260 g/mol. The number of likely N-dealkylation sites (tertiary alicyclic amines) is 1. The summed E-state index contributed by atoms with van der Waals surface area (Å²) >= 11 is 1.35. The lowest BCUT2D eigenvalue weighted by molar-refractivity contribution is 0.0700. The lowest BCUT2D eigenvalue weighted by Crippen LogP contribution is -2.33. The monoisotopic (exact) mass is 282 g/mol. The van der Waals surface area contributed by atoms with Gasteiger partial charge in [-0.25, -0.2) is 9.78 Å². The molecule has 106 valence electrons. The molecule has 0 aromatic carbocycles. The van der Waals surface area contributed by atoms with E-state index < -0.39 is 5.97 Å². The summed E-state index contributed by atoms with van der Waals surface area (Å²) < 4.78 is 0. The number of rotatable bonds is 5. The van der Waals surface area contributed by atoms with Crippen LogP contribution >= 0.6 is 11.3 Å². The van der Waals surface area contributed by atoms with Gasteiger partial charge in [0.05, 0.1) is 12.2 Å². The zero-order valence-corrected chi connectivity index (χ0v) is 12.5. The van der Waals surface area contributed by atoms with Gasteiger partial charge in [0.25, 0.3) is 0 Å². The van der Waals surface area contributed by atoms with E-state index in [0.29, 0.717) is 4.88 Å². The summed E-state index contributed by atoms with van der Waals surface area (Å²) in [6, 6.07) is 0. The van der Waals surface area contributed by atoms with E-state index in [1.807, 2.05) is 0 Å². The number of nitrogens with zero attached hydrogens (tertiary/aromatic N) is 2. The van der Waals surface area contributed by atoms with Crippen molar-refractivity contribution in [1.82, 2.24) is 9.88 Å². The molecule has 0 amide bonds. The van der Waals surface area contributed by atoms with E-state index in [-0.39, 0.29) is 0 Å². The van der Waals surface area contributed by atoms with Gasteiger partial charge in [-0.15, -0.1) is 11.3 Å². The minimum Gasteiger partial charge on any atom is -0.477 e. The Labute approximate surface area is 118 Å². The Morgan fingerprint density at radius 3 is 3.00 bits per heavy atom. The standard InChI is InChI=1S/C14H22N2O2S/c1-3-5-11-13(14(17)18)19-12(15-11)9-16-7-4-6-10(2)8-16/h10H,3-9H2,1-2H3,(H,17,18). The maximum atomic E-state index is 11.2. The Hall–Kier alpha value is -0.940. The van der Waals surface area contributed by atoms with Crippen molar-refractivity contribution in [3.63, 3.8) is 0 Å². The number of thiazole rings is 1. The van der Waals surface area contributed by atoms with Gasteiger partial charge in [0, 0.05) is 6.54 Å². The van der Waals surface area contributed by atoms with Crippen LogP contribution in [0.25, 0.3) is 0 Å². The van der Waals surface area contributed by atoms with Crippen molar-refractivity contribution in [2.24, 2.45) is 5.92 Å². The fourth-order valence-electron chi connectivity index (χ4n) is 2.66. The van der Waals surface area contributed by atoms with E-state index in [2.05, 4.69) is 23.7 Å². The van der Waals surface area contributed by atoms with Crippen molar-refractivity contribution in [2.75, 3.05) is 13.1 Å². The molecule has 1 N–H and O–H groups in total. The molecule has 0 spiro atoms. The van der Waals surface area contributed by atoms with Crippen LogP contribution in [0.4, 0.5) is 0 Å². The number of aryl methyl sites for hydroxylation is 1. The number of hydrogen-bond acceptors (Lipinski definition) is 4. The van der Waals surface area contributed by atoms with Gasteiger partial charge in [-0.2, -0.15) is 0 Å². The molecule has 2 heterocycles. The van der Waals surface area contributed by atoms with E-state index in [4.69, 9.17) is 0 Å². The van der Waals surface area contributed by atoms with Crippen LogP contribution in [0, 0.1) is 5.92 Å². The summed E-state index contributed by atoms with van der Waals surface area (Å²) in [6.07, 6.45) is 4.23. The van der Waals surface area contributed by atoms with Crippen molar-refractivity contribution < 1.29 is 9.90 Å². The molecule has 1 aromatic heterocycles. The van der Waals surface area contributed by atoms with Crippen molar-refractivity contribution in [3.05, 3.63) is 15.6 Å². The topological polar surface area (TPSA) is 53.4 Å². The summed E-state index contributed by atoms with van der Waals surface area (Å²) in [6.45, 7) is 7.34. The van der Waals surface area contributed by atoms with Gasteiger partial charge in [0.1, 0.15) is 9.88 Å². The summed E-state index contributed by atoms with van der Waals surface area (Å²) in [5.74, 6) is -0.0954. The molecule has 0 aliphatic carbocycles. The second-order valence-electron chi connectivity index (χ2n) is 5.42. The highest BCUT2D eigenvalue weighted by atomic mass is 32.1. The second kappa shape index (κ2) is 6.48. The fraction of sp³-hybridized carbons (Fsp3) is 0.714. The van der Waals surface area contributed by atoms with Crippen LogP contribution in [0.5, 0.6) is 0 Å². The molecule has 19 heavy (non-hydrogen) atoms. The number of piperidine rings is 1. The summed E-state index contributed by atoms with van der Waals surface area (Å²) in [5, 5.41) is 10.2. The average molecular weight is 282 g/mol. The number of carboxylic acid groups (broad SMARTS) is 1. The highest BCUT2D eigenvalue weighted by Crippen LogP contribution is 2.23. The molecule has 1 saturated heterocycles. The molecule has 0 bridgehead atoms. The molecule has 1 aromatic rings. The minimum absolute atomic E-state index is 0.432. The predicted molar refractivity (Wildman–Crippen MR) is 76.7 cm³/mol. The van der Waals surface area contributed by atoms with Crippen LogP contribution in [-0.4, -0.2) is 34.0 Å². The zero-order chi connectivity index (χ0) is 13.8. The Morgan fingerprint density at radius 2 is 2.37 bits per heavy atom. The highest BCUT2D eigenvalue weighted by Gasteiger charge is 2.20. The largest absolute Gasteiger partial charge is 0.477 e. The van der Waals surface area contributed by atoms with Gasteiger partial charge in [-0.05, 0) is 31.7 Å². The van der Waals surface area contributed by atoms with E-state index in [1.165, 1.54) is 24.2 Å². The van der Waals surface area contributed by atoms with E-state index in [1.54, 1.807) is 0 Å². The molecule has 1 unspecified atom stereocenters.